The first kappa shape index (κ1) is 30.3. The predicted molar refractivity (Wildman–Crippen MR) is 209 cm³/mol. The molecule has 5 heteroatoms. The van der Waals surface area contributed by atoms with Crippen molar-refractivity contribution in [1.82, 2.24) is 24.5 Å². The highest BCUT2D eigenvalue weighted by molar-refractivity contribution is 6.10. The van der Waals surface area contributed by atoms with Crippen molar-refractivity contribution in [1.29, 1.82) is 0 Å². The number of benzene rings is 6. The molecule has 0 saturated carbocycles. The van der Waals surface area contributed by atoms with E-state index in [2.05, 4.69) is 108 Å². The summed E-state index contributed by atoms with van der Waals surface area (Å²) >= 11 is 0. The van der Waals surface area contributed by atoms with Crippen LogP contribution in [0.5, 0.6) is 0 Å². The molecule has 0 N–H and O–H groups in total. The van der Waals surface area contributed by atoms with E-state index in [1.165, 1.54) is 33.0 Å². The van der Waals surface area contributed by atoms with E-state index < -0.39 is 0 Å². The molecule has 0 bridgehead atoms. The Morgan fingerprint density at radius 2 is 1.06 bits per heavy atom. The maximum atomic E-state index is 5.17. The Bertz CT molecular complexity index is 2640. The molecule has 6 aromatic carbocycles. The van der Waals surface area contributed by atoms with Crippen molar-refractivity contribution < 1.29 is 0 Å². The Hall–Kier alpha value is -6.72. The van der Waals surface area contributed by atoms with Crippen molar-refractivity contribution in [3.05, 3.63) is 175 Å². The standard InChI is InChI=1S/C46H33N5/c1-30-19-22-37(31(2)26-30)35-21-23-39-38-17-9-10-18-41(38)51(42(39)28-35)43-27-34(36-16-11-25-47-29-36)20-24-40(43)46-49-44(32-12-5-3-6-13-32)48-45(50-46)33-14-7-4-8-15-33/h3-29H,1-2H3. The first-order valence-corrected chi connectivity index (χ1v) is 17.1. The van der Waals surface area contributed by atoms with Crippen molar-refractivity contribution in [2.45, 2.75) is 13.8 Å². The number of para-hydroxylation sites is 1. The quantitative estimate of drug-likeness (QED) is 0.179. The second-order valence-corrected chi connectivity index (χ2v) is 12.9. The lowest BCUT2D eigenvalue weighted by Crippen LogP contribution is -2.04. The highest BCUT2D eigenvalue weighted by Gasteiger charge is 2.21. The Labute approximate surface area is 296 Å². The van der Waals surface area contributed by atoms with Crippen molar-refractivity contribution in [3.8, 4) is 62.1 Å². The minimum Gasteiger partial charge on any atom is -0.308 e. The van der Waals surface area contributed by atoms with Crippen LogP contribution in [0, 0.1) is 13.8 Å². The van der Waals surface area contributed by atoms with E-state index in [1.54, 1.807) is 6.20 Å². The number of aryl methyl sites for hydroxylation is 2. The molecular formula is C46H33N5. The first-order valence-electron chi connectivity index (χ1n) is 17.1. The van der Waals surface area contributed by atoms with E-state index in [1.807, 2.05) is 72.9 Å². The summed E-state index contributed by atoms with van der Waals surface area (Å²) in [6.45, 7) is 4.33. The molecule has 0 spiro atoms. The third kappa shape index (κ3) is 5.55. The van der Waals surface area contributed by atoms with Crippen LogP contribution in [0.15, 0.2) is 164 Å². The molecule has 0 aliphatic carbocycles. The van der Waals surface area contributed by atoms with Gasteiger partial charge < -0.3 is 4.57 Å². The average molecular weight is 656 g/mol. The largest absolute Gasteiger partial charge is 0.308 e. The van der Waals surface area contributed by atoms with Crippen LogP contribution in [-0.2, 0) is 0 Å². The van der Waals surface area contributed by atoms with Gasteiger partial charge in [-0.2, -0.15) is 0 Å². The van der Waals surface area contributed by atoms with Gasteiger partial charge in [0.05, 0.1) is 16.7 Å². The Kier molecular flexibility index (Phi) is 7.51. The molecule has 3 heterocycles. The summed E-state index contributed by atoms with van der Waals surface area (Å²) in [5, 5.41) is 2.37. The molecule has 0 fully saturated rings. The number of rotatable bonds is 6. The molecule has 3 aromatic heterocycles. The second-order valence-electron chi connectivity index (χ2n) is 12.9. The lowest BCUT2D eigenvalue weighted by molar-refractivity contribution is 1.06. The van der Waals surface area contributed by atoms with Crippen LogP contribution < -0.4 is 0 Å². The van der Waals surface area contributed by atoms with Crippen LogP contribution in [-0.4, -0.2) is 24.5 Å². The normalized spacial score (nSPS) is 11.3. The molecule has 0 radical (unpaired) electrons. The van der Waals surface area contributed by atoms with Crippen LogP contribution in [0.25, 0.3) is 83.9 Å². The van der Waals surface area contributed by atoms with Gasteiger partial charge in [0, 0.05) is 45.4 Å². The average Bonchev–Trinajstić information content (AvgIpc) is 3.52. The fraction of sp³-hybridized carbons (Fsp3) is 0.0435. The molecule has 0 saturated heterocycles. The molecular weight excluding hydrogens is 623 g/mol. The predicted octanol–water partition coefficient (Wildman–Crippen LogP) is 11.3. The van der Waals surface area contributed by atoms with Crippen LogP contribution in [0.2, 0.25) is 0 Å². The zero-order valence-electron chi connectivity index (χ0n) is 28.3. The topological polar surface area (TPSA) is 56.5 Å². The maximum Gasteiger partial charge on any atom is 0.166 e. The molecule has 9 rings (SSSR count). The smallest absolute Gasteiger partial charge is 0.166 e. The highest BCUT2D eigenvalue weighted by atomic mass is 15.1. The van der Waals surface area contributed by atoms with Crippen LogP contribution in [0.4, 0.5) is 0 Å². The summed E-state index contributed by atoms with van der Waals surface area (Å²) in [5.41, 5.74) is 13.0. The third-order valence-corrected chi connectivity index (χ3v) is 9.54. The Morgan fingerprint density at radius 3 is 1.76 bits per heavy atom. The molecule has 0 amide bonds. The van der Waals surface area contributed by atoms with Gasteiger partial charge in [-0.15, -0.1) is 0 Å². The lowest BCUT2D eigenvalue weighted by atomic mass is 9.97. The molecule has 0 unspecified atom stereocenters. The van der Waals surface area contributed by atoms with E-state index in [9.17, 15) is 0 Å². The number of hydrogen-bond donors (Lipinski definition) is 0. The molecule has 9 aromatic rings. The van der Waals surface area contributed by atoms with E-state index in [-0.39, 0.29) is 0 Å². The maximum absolute atomic E-state index is 5.17. The van der Waals surface area contributed by atoms with Crippen molar-refractivity contribution in [2.75, 3.05) is 0 Å². The molecule has 51 heavy (non-hydrogen) atoms. The van der Waals surface area contributed by atoms with E-state index in [4.69, 9.17) is 15.0 Å². The van der Waals surface area contributed by atoms with E-state index in [0.29, 0.717) is 17.5 Å². The fourth-order valence-electron chi connectivity index (χ4n) is 7.08. The van der Waals surface area contributed by atoms with Gasteiger partial charge in [0.1, 0.15) is 0 Å². The summed E-state index contributed by atoms with van der Waals surface area (Å²) in [4.78, 5) is 19.8. The van der Waals surface area contributed by atoms with Gasteiger partial charge in [0.15, 0.2) is 17.5 Å². The van der Waals surface area contributed by atoms with Gasteiger partial charge in [-0.25, -0.2) is 15.0 Å². The minimum absolute atomic E-state index is 0.604. The number of pyridine rings is 1. The lowest BCUT2D eigenvalue weighted by Gasteiger charge is -2.17. The summed E-state index contributed by atoms with van der Waals surface area (Å²) in [7, 11) is 0. The van der Waals surface area contributed by atoms with E-state index in [0.717, 1.165) is 44.5 Å². The van der Waals surface area contributed by atoms with Gasteiger partial charge in [0.25, 0.3) is 0 Å². The zero-order valence-corrected chi connectivity index (χ0v) is 28.3. The van der Waals surface area contributed by atoms with Crippen molar-refractivity contribution in [2.24, 2.45) is 0 Å². The number of fused-ring (bicyclic) bond motifs is 3. The van der Waals surface area contributed by atoms with Gasteiger partial charge in [-0.3, -0.25) is 4.98 Å². The molecule has 0 atom stereocenters. The SMILES string of the molecule is Cc1ccc(-c2ccc3c4ccccc4n(-c4cc(-c5cccnc5)ccc4-c4nc(-c5ccccc5)nc(-c5ccccc5)n4)c3c2)c(C)c1. The first-order chi connectivity index (χ1) is 25.1. The summed E-state index contributed by atoms with van der Waals surface area (Å²) in [6, 6.07) is 53.0. The Morgan fingerprint density at radius 1 is 0.431 bits per heavy atom. The van der Waals surface area contributed by atoms with Crippen LogP contribution in [0.3, 0.4) is 0 Å². The van der Waals surface area contributed by atoms with Gasteiger partial charge in [0.2, 0.25) is 0 Å². The zero-order chi connectivity index (χ0) is 34.3. The number of nitrogens with zero attached hydrogens (tertiary/aromatic N) is 5. The summed E-state index contributed by atoms with van der Waals surface area (Å²) in [5.74, 6) is 1.86. The Balaban J connectivity index is 1.36. The third-order valence-electron chi connectivity index (χ3n) is 9.54. The molecule has 242 valence electrons. The van der Waals surface area contributed by atoms with Crippen LogP contribution >= 0.6 is 0 Å². The van der Waals surface area contributed by atoms with Crippen LogP contribution in [0.1, 0.15) is 11.1 Å². The highest BCUT2D eigenvalue weighted by Crippen LogP contribution is 2.40. The van der Waals surface area contributed by atoms with Crippen molar-refractivity contribution >= 4 is 21.8 Å². The molecule has 0 aliphatic rings. The van der Waals surface area contributed by atoms with Gasteiger partial charge in [-0.05, 0) is 66.4 Å². The summed E-state index contributed by atoms with van der Waals surface area (Å²) in [6.07, 6.45) is 3.72. The minimum atomic E-state index is 0.604. The second kappa shape index (κ2) is 12.6. The van der Waals surface area contributed by atoms with Gasteiger partial charge >= 0.3 is 0 Å². The summed E-state index contributed by atoms with van der Waals surface area (Å²) < 4.78 is 2.38. The number of hydrogen-bond acceptors (Lipinski definition) is 4. The van der Waals surface area contributed by atoms with Gasteiger partial charge in [-0.1, -0.05) is 127 Å². The molecule has 5 nitrogen and oxygen atoms in total. The fourth-order valence-corrected chi connectivity index (χ4v) is 7.08. The number of aromatic nitrogens is 5. The van der Waals surface area contributed by atoms with Crippen molar-refractivity contribution in [3.63, 3.8) is 0 Å². The molecule has 0 aliphatic heterocycles. The van der Waals surface area contributed by atoms with E-state index >= 15 is 0 Å². The monoisotopic (exact) mass is 655 g/mol.